The lowest BCUT2D eigenvalue weighted by Gasteiger charge is -2.02. The second kappa shape index (κ2) is 6.02. The van der Waals surface area contributed by atoms with Gasteiger partial charge in [0.2, 0.25) is 16.9 Å². The van der Waals surface area contributed by atoms with Crippen molar-refractivity contribution in [1.82, 2.24) is 15.0 Å². The molecule has 0 saturated carbocycles. The molecule has 1 aromatic carbocycles. The first-order chi connectivity index (χ1) is 9.20. The molecule has 0 aliphatic rings. The lowest BCUT2D eigenvalue weighted by atomic mass is 10.2. The Labute approximate surface area is 115 Å². The van der Waals surface area contributed by atoms with Gasteiger partial charge < -0.3 is 0 Å². The fraction of sp³-hybridized carbons (Fsp3) is 0. The van der Waals surface area contributed by atoms with Gasteiger partial charge in [0.1, 0.15) is 0 Å². The summed E-state index contributed by atoms with van der Waals surface area (Å²) in [5.41, 5.74) is 0.772. The Morgan fingerprint density at radius 1 is 1.16 bits per heavy atom. The van der Waals surface area contributed by atoms with Crippen LogP contribution in [0.15, 0.2) is 55.1 Å². The van der Waals surface area contributed by atoms with Crippen molar-refractivity contribution in [2.45, 2.75) is 0 Å². The van der Waals surface area contributed by atoms with Crippen LogP contribution >= 0.6 is 11.6 Å². The van der Waals surface area contributed by atoms with Gasteiger partial charge in [-0.05, 0) is 17.7 Å². The van der Waals surface area contributed by atoms with Gasteiger partial charge >= 0.3 is 0 Å². The van der Waals surface area contributed by atoms with Crippen molar-refractivity contribution >= 4 is 17.4 Å². The van der Waals surface area contributed by atoms with Crippen LogP contribution < -0.4 is 0 Å². The third-order valence-corrected chi connectivity index (χ3v) is 2.41. The molecule has 0 amide bonds. The average molecular weight is 272 g/mol. The molecule has 19 heavy (non-hydrogen) atoms. The molecule has 1 aromatic heterocycles. The minimum Gasteiger partial charge on any atom is -0.286 e. The van der Waals surface area contributed by atoms with Crippen LogP contribution in [0.1, 0.15) is 10.6 Å². The average Bonchev–Trinajstić information content (AvgIpc) is 2.45. The molecule has 4 nitrogen and oxygen atoms in total. The highest BCUT2D eigenvalue weighted by atomic mass is 35.5. The number of allylic oxidation sites excluding steroid dienone is 3. The highest BCUT2D eigenvalue weighted by molar-refractivity contribution is 6.28. The maximum absolute atomic E-state index is 11.8. The molecule has 0 spiro atoms. The summed E-state index contributed by atoms with van der Waals surface area (Å²) >= 11 is 5.82. The van der Waals surface area contributed by atoms with Crippen molar-refractivity contribution in [2.24, 2.45) is 0 Å². The number of halogens is 1. The molecule has 0 N–H and O–H groups in total. The Balaban J connectivity index is 2.43. The summed E-state index contributed by atoms with van der Waals surface area (Å²) in [6, 6.07) is 9.25. The Morgan fingerprint density at radius 3 is 2.58 bits per heavy atom. The number of carbonyl (C=O) groups excluding carboxylic acids is 1. The van der Waals surface area contributed by atoms with E-state index in [2.05, 4.69) is 21.5 Å². The van der Waals surface area contributed by atoms with Crippen LogP contribution in [-0.2, 0) is 0 Å². The van der Waals surface area contributed by atoms with E-state index in [9.17, 15) is 4.79 Å². The van der Waals surface area contributed by atoms with Crippen molar-refractivity contribution in [1.29, 1.82) is 0 Å². The maximum Gasteiger partial charge on any atom is 0.226 e. The van der Waals surface area contributed by atoms with Crippen LogP contribution in [0.2, 0.25) is 5.28 Å². The van der Waals surface area contributed by atoms with E-state index in [1.54, 1.807) is 0 Å². The fourth-order valence-corrected chi connectivity index (χ4v) is 1.57. The molecule has 0 aliphatic carbocycles. The van der Waals surface area contributed by atoms with Crippen LogP contribution in [0, 0.1) is 0 Å². The number of carbonyl (C=O) groups is 1. The summed E-state index contributed by atoms with van der Waals surface area (Å²) in [5, 5.41) is -0.00999. The van der Waals surface area contributed by atoms with Crippen molar-refractivity contribution < 1.29 is 4.79 Å². The largest absolute Gasteiger partial charge is 0.286 e. The van der Waals surface area contributed by atoms with Gasteiger partial charge in [0, 0.05) is 5.56 Å². The number of aromatic nitrogens is 3. The third kappa shape index (κ3) is 3.33. The van der Waals surface area contributed by atoms with E-state index in [1.807, 2.05) is 30.3 Å². The van der Waals surface area contributed by atoms with E-state index in [-0.39, 0.29) is 16.9 Å². The number of benzene rings is 1. The molecule has 0 bridgehead atoms. The maximum atomic E-state index is 11.8. The Bertz CT molecular complexity index is 638. The van der Waals surface area contributed by atoms with E-state index < -0.39 is 0 Å². The zero-order valence-electron chi connectivity index (χ0n) is 9.95. The third-order valence-electron chi connectivity index (χ3n) is 2.24. The molecule has 5 heteroatoms. The predicted molar refractivity (Wildman–Crippen MR) is 73.9 cm³/mol. The molecule has 0 saturated heterocycles. The van der Waals surface area contributed by atoms with Crippen molar-refractivity contribution in [3.8, 4) is 11.4 Å². The van der Waals surface area contributed by atoms with E-state index in [0.717, 1.165) is 5.56 Å². The first-order valence-electron chi connectivity index (χ1n) is 5.51. The van der Waals surface area contributed by atoms with Gasteiger partial charge in [-0.3, -0.25) is 4.79 Å². The summed E-state index contributed by atoms with van der Waals surface area (Å²) in [7, 11) is 0. The van der Waals surface area contributed by atoms with Gasteiger partial charge in [-0.2, -0.15) is 9.97 Å². The Morgan fingerprint density at radius 2 is 1.89 bits per heavy atom. The van der Waals surface area contributed by atoms with E-state index in [1.165, 1.54) is 18.2 Å². The topological polar surface area (TPSA) is 55.7 Å². The predicted octanol–water partition coefficient (Wildman–Crippen LogP) is 3.12. The Kier molecular flexibility index (Phi) is 4.15. The molecule has 0 atom stereocenters. The number of rotatable bonds is 4. The number of nitrogens with zero attached hydrogens (tertiary/aromatic N) is 3. The van der Waals surface area contributed by atoms with Gasteiger partial charge in [-0.1, -0.05) is 49.1 Å². The van der Waals surface area contributed by atoms with Crippen molar-refractivity contribution in [3.05, 3.63) is 66.2 Å². The summed E-state index contributed by atoms with van der Waals surface area (Å²) in [5.74, 6) is 0.0364. The number of ketones is 1. The molecule has 0 aliphatic heterocycles. The summed E-state index contributed by atoms with van der Waals surface area (Å²) in [6.45, 7) is 3.49. The summed E-state index contributed by atoms with van der Waals surface area (Å²) in [6.07, 6.45) is 4.34. The van der Waals surface area contributed by atoms with E-state index in [0.29, 0.717) is 5.82 Å². The molecule has 94 valence electrons. The van der Waals surface area contributed by atoms with Gasteiger partial charge in [-0.15, -0.1) is 0 Å². The van der Waals surface area contributed by atoms with Gasteiger partial charge in [-0.25, -0.2) is 4.98 Å². The molecule has 0 fully saturated rings. The quantitative estimate of drug-likeness (QED) is 0.487. The minimum absolute atomic E-state index is 0.00999. The molecule has 2 aromatic rings. The SMILES string of the molecule is C=C/C=C\C(=O)c1nc(Cl)nc(-c2ccccc2)n1. The standard InChI is InChI=1S/C14H10ClN3O/c1-2-3-9-11(19)13-16-12(17-14(15)18-13)10-7-5-4-6-8-10/h2-9H,1H2/b9-3-. The van der Waals surface area contributed by atoms with Crippen LogP contribution in [0.3, 0.4) is 0 Å². The van der Waals surface area contributed by atoms with Crippen molar-refractivity contribution in [2.75, 3.05) is 0 Å². The van der Waals surface area contributed by atoms with E-state index >= 15 is 0 Å². The fourth-order valence-electron chi connectivity index (χ4n) is 1.41. The molecular weight excluding hydrogens is 262 g/mol. The highest BCUT2D eigenvalue weighted by Gasteiger charge is 2.11. The highest BCUT2D eigenvalue weighted by Crippen LogP contribution is 2.16. The van der Waals surface area contributed by atoms with Crippen molar-refractivity contribution in [3.63, 3.8) is 0 Å². The lowest BCUT2D eigenvalue weighted by molar-refractivity contribution is 0.103. The van der Waals surface area contributed by atoms with Crippen LogP contribution in [0.25, 0.3) is 11.4 Å². The van der Waals surface area contributed by atoms with Crippen LogP contribution in [-0.4, -0.2) is 20.7 Å². The van der Waals surface area contributed by atoms with Gasteiger partial charge in [0.15, 0.2) is 5.82 Å². The molecule has 0 unspecified atom stereocenters. The zero-order valence-corrected chi connectivity index (χ0v) is 10.7. The second-order valence-electron chi connectivity index (χ2n) is 3.58. The van der Waals surface area contributed by atoms with E-state index in [4.69, 9.17) is 11.6 Å². The van der Waals surface area contributed by atoms with Crippen LogP contribution in [0.4, 0.5) is 0 Å². The Hall–Kier alpha value is -2.33. The minimum atomic E-state index is -0.346. The first-order valence-corrected chi connectivity index (χ1v) is 5.89. The monoisotopic (exact) mass is 271 g/mol. The lowest BCUT2D eigenvalue weighted by Crippen LogP contribution is -2.06. The zero-order chi connectivity index (χ0) is 13.7. The molecule has 1 heterocycles. The second-order valence-corrected chi connectivity index (χ2v) is 3.91. The van der Waals surface area contributed by atoms with Gasteiger partial charge in [0.25, 0.3) is 0 Å². The summed E-state index contributed by atoms with van der Waals surface area (Å²) in [4.78, 5) is 23.7. The first kappa shape index (κ1) is 13.1. The molecular formula is C14H10ClN3O. The molecule has 0 radical (unpaired) electrons. The molecule has 2 rings (SSSR count). The van der Waals surface area contributed by atoms with Gasteiger partial charge in [0.05, 0.1) is 0 Å². The number of hydrogen-bond donors (Lipinski definition) is 0. The summed E-state index contributed by atoms with van der Waals surface area (Å²) < 4.78 is 0. The smallest absolute Gasteiger partial charge is 0.226 e. The normalized spacial score (nSPS) is 10.6. The number of hydrogen-bond acceptors (Lipinski definition) is 4. The van der Waals surface area contributed by atoms with Crippen LogP contribution in [0.5, 0.6) is 0 Å².